The lowest BCUT2D eigenvalue weighted by Gasteiger charge is -2.30. The molecule has 54 valence electrons. The van der Waals surface area contributed by atoms with E-state index in [0.29, 0.717) is 5.70 Å². The lowest BCUT2D eigenvalue weighted by molar-refractivity contribution is 0.326. The van der Waals surface area contributed by atoms with Gasteiger partial charge in [-0.1, -0.05) is 9.39 Å². The van der Waals surface area contributed by atoms with Crippen molar-refractivity contribution in [2.45, 2.75) is 0 Å². The SMILES string of the molecule is [C-]#[N+]C(CO)=C1CN(P)C1. The van der Waals surface area contributed by atoms with Crippen LogP contribution in [0.2, 0.25) is 0 Å². The van der Waals surface area contributed by atoms with Gasteiger partial charge in [0.2, 0.25) is 0 Å². The monoisotopic (exact) mass is 156 g/mol. The van der Waals surface area contributed by atoms with E-state index in [2.05, 4.69) is 14.2 Å². The zero-order valence-corrected chi connectivity index (χ0v) is 6.70. The zero-order chi connectivity index (χ0) is 7.56. The zero-order valence-electron chi connectivity index (χ0n) is 5.54. The van der Waals surface area contributed by atoms with Crippen molar-refractivity contribution in [1.82, 2.24) is 4.67 Å². The highest BCUT2D eigenvalue weighted by Gasteiger charge is 2.19. The Morgan fingerprint density at radius 1 is 1.80 bits per heavy atom. The quantitative estimate of drug-likeness (QED) is 0.435. The minimum Gasteiger partial charge on any atom is -0.403 e. The summed E-state index contributed by atoms with van der Waals surface area (Å²) in [4.78, 5) is 3.21. The summed E-state index contributed by atoms with van der Waals surface area (Å²) in [5, 5.41) is 8.65. The second-order valence-electron chi connectivity index (χ2n) is 2.23. The van der Waals surface area contributed by atoms with Gasteiger partial charge in [0, 0.05) is 13.1 Å². The predicted octanol–water partition coefficient (Wildman–Crippen LogP) is 0.258. The van der Waals surface area contributed by atoms with E-state index in [0.717, 1.165) is 18.7 Å². The predicted molar refractivity (Wildman–Crippen MR) is 42.0 cm³/mol. The molecule has 0 bridgehead atoms. The number of hydrogen-bond donors (Lipinski definition) is 1. The molecule has 1 fully saturated rings. The van der Waals surface area contributed by atoms with E-state index in [9.17, 15) is 0 Å². The first-order valence-corrected chi connectivity index (χ1v) is 3.48. The van der Waals surface area contributed by atoms with Crippen molar-refractivity contribution < 1.29 is 5.11 Å². The number of aliphatic hydroxyl groups is 1. The topological polar surface area (TPSA) is 27.8 Å². The van der Waals surface area contributed by atoms with Crippen LogP contribution in [0, 0.1) is 6.57 Å². The average molecular weight is 156 g/mol. The van der Waals surface area contributed by atoms with E-state index in [1.807, 2.05) is 4.67 Å². The van der Waals surface area contributed by atoms with Crippen molar-refractivity contribution in [1.29, 1.82) is 0 Å². The fraction of sp³-hybridized carbons (Fsp3) is 0.500. The highest BCUT2D eigenvalue weighted by molar-refractivity contribution is 7.13. The second kappa shape index (κ2) is 3.12. The Bertz CT molecular complexity index is 198. The Morgan fingerprint density at radius 2 is 2.40 bits per heavy atom. The molecular weight excluding hydrogens is 147 g/mol. The molecule has 0 spiro atoms. The van der Waals surface area contributed by atoms with Gasteiger partial charge in [-0.2, -0.15) is 0 Å². The average Bonchev–Trinajstić information content (AvgIpc) is 1.87. The highest BCUT2D eigenvalue weighted by atomic mass is 31.0. The Hall–Kier alpha value is -0.420. The van der Waals surface area contributed by atoms with Crippen LogP contribution in [0.15, 0.2) is 11.3 Å². The molecule has 1 saturated heterocycles. The molecule has 0 aromatic carbocycles. The van der Waals surface area contributed by atoms with E-state index in [1.54, 1.807) is 0 Å². The first-order chi connectivity index (χ1) is 4.77. The van der Waals surface area contributed by atoms with Crippen LogP contribution < -0.4 is 0 Å². The minimum absolute atomic E-state index is 0.114. The van der Waals surface area contributed by atoms with E-state index in [-0.39, 0.29) is 6.61 Å². The van der Waals surface area contributed by atoms with Crippen molar-refractivity contribution in [3.05, 3.63) is 22.7 Å². The highest BCUT2D eigenvalue weighted by Crippen LogP contribution is 2.21. The third-order valence-corrected chi connectivity index (χ3v) is 1.85. The number of hydrogen-bond acceptors (Lipinski definition) is 2. The molecular formula is C6H9N2OP. The van der Waals surface area contributed by atoms with Crippen molar-refractivity contribution in [2.24, 2.45) is 0 Å². The van der Waals surface area contributed by atoms with Crippen LogP contribution in [0.5, 0.6) is 0 Å². The van der Waals surface area contributed by atoms with Crippen LogP contribution in [-0.4, -0.2) is 29.5 Å². The maximum absolute atomic E-state index is 8.65. The van der Waals surface area contributed by atoms with Crippen molar-refractivity contribution in [2.75, 3.05) is 19.7 Å². The van der Waals surface area contributed by atoms with Gasteiger partial charge < -0.3 is 5.11 Å². The van der Waals surface area contributed by atoms with Crippen molar-refractivity contribution >= 4 is 9.39 Å². The molecule has 4 heteroatoms. The maximum Gasteiger partial charge on any atom is 0.192 e. The largest absolute Gasteiger partial charge is 0.403 e. The van der Waals surface area contributed by atoms with Gasteiger partial charge in [0.1, 0.15) is 0 Å². The molecule has 0 aromatic rings. The third-order valence-electron chi connectivity index (χ3n) is 1.48. The second-order valence-corrected chi connectivity index (χ2v) is 2.96. The van der Waals surface area contributed by atoms with Gasteiger partial charge >= 0.3 is 0 Å². The van der Waals surface area contributed by atoms with Gasteiger partial charge in [-0.15, -0.1) is 0 Å². The standard InChI is InChI=1S/C6H9N2OP/c1-7-6(4-9)5-2-8(10)3-5/h9H,2-4,10H2. The Kier molecular flexibility index (Phi) is 2.39. The summed E-state index contributed by atoms with van der Waals surface area (Å²) in [6.45, 7) is 8.18. The van der Waals surface area contributed by atoms with Gasteiger partial charge in [-0.3, -0.25) is 4.67 Å². The first kappa shape index (κ1) is 7.68. The molecule has 1 N–H and O–H groups in total. The fourth-order valence-electron chi connectivity index (χ4n) is 0.853. The van der Waals surface area contributed by atoms with Gasteiger partial charge in [-0.25, -0.2) is 4.85 Å². The molecule has 0 aromatic heterocycles. The summed E-state index contributed by atoms with van der Waals surface area (Å²) in [5.41, 5.74) is 1.58. The molecule has 1 rings (SSSR count). The lowest BCUT2D eigenvalue weighted by atomic mass is 10.1. The third kappa shape index (κ3) is 1.35. The number of rotatable bonds is 1. The smallest absolute Gasteiger partial charge is 0.192 e. The Balaban J connectivity index is 2.60. The molecule has 1 atom stereocenters. The van der Waals surface area contributed by atoms with Crippen LogP contribution in [0.1, 0.15) is 0 Å². The molecule has 1 aliphatic rings. The summed E-state index contributed by atoms with van der Waals surface area (Å²) < 4.78 is 2.01. The minimum atomic E-state index is -0.114. The van der Waals surface area contributed by atoms with Gasteiger partial charge in [-0.05, 0) is 5.57 Å². The van der Waals surface area contributed by atoms with Crippen LogP contribution >= 0.6 is 9.39 Å². The number of aliphatic hydroxyl groups excluding tert-OH is 1. The molecule has 0 amide bonds. The first-order valence-electron chi connectivity index (χ1n) is 2.96. The summed E-state index contributed by atoms with van der Waals surface area (Å²) >= 11 is 0. The summed E-state index contributed by atoms with van der Waals surface area (Å²) in [6.07, 6.45) is 0. The van der Waals surface area contributed by atoms with Crippen molar-refractivity contribution in [3.8, 4) is 0 Å². The summed E-state index contributed by atoms with van der Waals surface area (Å²) in [6, 6.07) is 0. The molecule has 0 saturated carbocycles. The molecule has 1 heterocycles. The molecule has 3 nitrogen and oxygen atoms in total. The summed E-state index contributed by atoms with van der Waals surface area (Å²) in [5.74, 6) is 0. The van der Waals surface area contributed by atoms with Crippen LogP contribution in [0.25, 0.3) is 4.85 Å². The van der Waals surface area contributed by atoms with E-state index >= 15 is 0 Å². The lowest BCUT2D eigenvalue weighted by Crippen LogP contribution is -2.32. The van der Waals surface area contributed by atoms with Crippen molar-refractivity contribution in [3.63, 3.8) is 0 Å². The summed E-state index contributed by atoms with van der Waals surface area (Å²) in [7, 11) is 2.55. The van der Waals surface area contributed by atoms with Crippen LogP contribution in [-0.2, 0) is 0 Å². The van der Waals surface area contributed by atoms with Gasteiger partial charge in [0.15, 0.2) is 5.70 Å². The Morgan fingerprint density at radius 3 is 2.70 bits per heavy atom. The molecule has 1 unspecified atom stereocenters. The molecule has 1 aliphatic heterocycles. The van der Waals surface area contributed by atoms with E-state index in [1.165, 1.54) is 0 Å². The van der Waals surface area contributed by atoms with Gasteiger partial charge in [0.25, 0.3) is 0 Å². The molecule has 0 aliphatic carbocycles. The normalized spacial score (nSPS) is 17.9. The van der Waals surface area contributed by atoms with Crippen LogP contribution in [0.4, 0.5) is 0 Å². The molecule has 0 radical (unpaired) electrons. The Labute approximate surface area is 62.4 Å². The number of nitrogens with zero attached hydrogens (tertiary/aromatic N) is 2. The van der Waals surface area contributed by atoms with Crippen LogP contribution in [0.3, 0.4) is 0 Å². The fourth-order valence-corrected chi connectivity index (χ4v) is 1.29. The maximum atomic E-state index is 8.65. The van der Waals surface area contributed by atoms with E-state index < -0.39 is 0 Å². The molecule has 10 heavy (non-hydrogen) atoms. The van der Waals surface area contributed by atoms with E-state index in [4.69, 9.17) is 11.7 Å². The van der Waals surface area contributed by atoms with Gasteiger partial charge in [0.05, 0.1) is 13.2 Å².